The first-order valence-corrected chi connectivity index (χ1v) is 16.6. The van der Waals surface area contributed by atoms with Crippen molar-refractivity contribution in [1.82, 2.24) is 19.6 Å². The molecule has 47 heavy (non-hydrogen) atoms. The van der Waals surface area contributed by atoms with E-state index >= 15 is 0 Å². The second-order valence-corrected chi connectivity index (χ2v) is 13.2. The number of hydrogen-bond donors (Lipinski definition) is 1. The van der Waals surface area contributed by atoms with Crippen LogP contribution < -0.4 is 15.1 Å². The van der Waals surface area contributed by atoms with E-state index in [-0.39, 0.29) is 23.8 Å². The van der Waals surface area contributed by atoms with Crippen LogP contribution in [0.15, 0.2) is 89.8 Å². The molecule has 2 saturated heterocycles. The molecule has 0 aliphatic carbocycles. The number of para-hydroxylation sites is 1. The normalized spacial score (nSPS) is 17.6. The molecule has 1 atom stereocenters. The fourth-order valence-electron chi connectivity index (χ4n) is 5.86. The predicted molar refractivity (Wildman–Crippen MR) is 168 cm³/mol. The van der Waals surface area contributed by atoms with Crippen molar-refractivity contribution in [2.24, 2.45) is 0 Å². The lowest BCUT2D eigenvalue weighted by atomic mass is 10.1. The predicted octanol–water partition coefficient (Wildman–Crippen LogP) is 5.10. The van der Waals surface area contributed by atoms with Crippen molar-refractivity contribution < 1.29 is 30.8 Å². The first-order chi connectivity index (χ1) is 22.5. The van der Waals surface area contributed by atoms with E-state index in [0.717, 1.165) is 12.1 Å². The van der Waals surface area contributed by atoms with E-state index in [0.29, 0.717) is 67.6 Å². The summed E-state index contributed by atoms with van der Waals surface area (Å²) in [7, 11) is -3.89. The summed E-state index contributed by atoms with van der Waals surface area (Å²) in [5.41, 5.74) is 0.878. The molecule has 3 aromatic carbocycles. The minimum Gasteiger partial charge on any atom is -0.366 e. The fraction of sp³-hybridized carbons (Fsp3) is 0.303. The zero-order valence-corrected chi connectivity index (χ0v) is 26.0. The molecule has 4 aromatic rings. The number of benzene rings is 3. The Labute approximate surface area is 269 Å². The largest absolute Gasteiger partial charge is 0.416 e. The quantitative estimate of drug-likeness (QED) is 0.261. The molecule has 1 aromatic heterocycles. The number of halogens is 4. The summed E-state index contributed by atoms with van der Waals surface area (Å²) >= 11 is 0. The van der Waals surface area contributed by atoms with Crippen LogP contribution in [0.25, 0.3) is 11.3 Å². The Balaban J connectivity index is 1.23. The second-order valence-electron chi connectivity index (χ2n) is 11.3. The number of alkyl halides is 3. The number of anilines is 2. The third-order valence-electron chi connectivity index (χ3n) is 8.33. The monoisotopic (exact) mass is 668 g/mol. The number of aromatic nitrogens is 2. The van der Waals surface area contributed by atoms with Gasteiger partial charge >= 0.3 is 6.18 Å². The Hall–Kier alpha value is -4.56. The molecule has 0 bridgehead atoms. The lowest BCUT2D eigenvalue weighted by molar-refractivity contribution is -0.137. The third kappa shape index (κ3) is 7.08. The Morgan fingerprint density at radius 2 is 1.51 bits per heavy atom. The zero-order chi connectivity index (χ0) is 33.2. The molecule has 1 amide bonds. The molecule has 0 radical (unpaired) electrons. The molecule has 0 saturated carbocycles. The van der Waals surface area contributed by atoms with Gasteiger partial charge in [0.05, 0.1) is 34.1 Å². The van der Waals surface area contributed by atoms with E-state index in [9.17, 15) is 30.8 Å². The third-order valence-corrected chi connectivity index (χ3v) is 10.3. The van der Waals surface area contributed by atoms with Crippen molar-refractivity contribution in [2.75, 3.05) is 42.5 Å². The first-order valence-electron chi connectivity index (χ1n) is 15.2. The number of carbonyl (C=O) groups excluding carboxylic acids is 1. The Morgan fingerprint density at radius 1 is 0.851 bits per heavy atom. The smallest absolute Gasteiger partial charge is 0.366 e. The van der Waals surface area contributed by atoms with Crippen LogP contribution in [0, 0.1) is 5.82 Å². The molecular formula is C33H32F4N6O3S. The van der Waals surface area contributed by atoms with Crippen LogP contribution in [0.4, 0.5) is 29.2 Å². The lowest BCUT2D eigenvalue weighted by Gasteiger charge is -2.36. The van der Waals surface area contributed by atoms with Gasteiger partial charge < -0.3 is 15.1 Å². The molecule has 9 nitrogen and oxygen atoms in total. The van der Waals surface area contributed by atoms with Gasteiger partial charge in [0.25, 0.3) is 0 Å². The number of rotatable bonds is 8. The summed E-state index contributed by atoms with van der Waals surface area (Å²) < 4.78 is 81.9. The maximum atomic E-state index is 14.4. The number of nitrogens with zero attached hydrogens (tertiary/aromatic N) is 5. The van der Waals surface area contributed by atoms with Crippen molar-refractivity contribution >= 4 is 27.6 Å². The fourth-order valence-corrected chi connectivity index (χ4v) is 7.54. The molecule has 0 spiro atoms. The minimum atomic E-state index is -4.50. The molecule has 2 aliphatic rings. The maximum Gasteiger partial charge on any atom is 0.416 e. The molecule has 246 valence electrons. The molecule has 14 heteroatoms. The highest BCUT2D eigenvalue weighted by atomic mass is 32.2. The summed E-state index contributed by atoms with van der Waals surface area (Å²) in [6, 6.07) is 19.8. The van der Waals surface area contributed by atoms with Crippen LogP contribution in [-0.2, 0) is 27.5 Å². The highest BCUT2D eigenvalue weighted by Gasteiger charge is 2.39. The summed E-state index contributed by atoms with van der Waals surface area (Å²) in [5.74, 6) is -0.484. The van der Waals surface area contributed by atoms with Gasteiger partial charge in [-0.15, -0.1) is 0 Å². The van der Waals surface area contributed by atoms with Gasteiger partial charge in [-0.3, -0.25) is 4.79 Å². The van der Waals surface area contributed by atoms with E-state index in [1.165, 1.54) is 34.6 Å². The zero-order valence-electron chi connectivity index (χ0n) is 25.2. The van der Waals surface area contributed by atoms with Gasteiger partial charge in [0.15, 0.2) is 0 Å². The number of carbonyl (C=O) groups is 1. The first kappa shape index (κ1) is 32.4. The lowest BCUT2D eigenvalue weighted by Crippen LogP contribution is -2.47. The van der Waals surface area contributed by atoms with Crippen molar-refractivity contribution in [2.45, 2.75) is 36.5 Å². The van der Waals surface area contributed by atoms with Gasteiger partial charge in [-0.1, -0.05) is 42.5 Å². The van der Waals surface area contributed by atoms with Crippen molar-refractivity contribution in [3.05, 3.63) is 102 Å². The highest BCUT2D eigenvalue weighted by molar-refractivity contribution is 7.89. The number of amides is 1. The molecular weight excluding hydrogens is 636 g/mol. The molecule has 3 heterocycles. The average molecular weight is 669 g/mol. The molecule has 0 unspecified atom stereocenters. The number of hydrogen-bond acceptors (Lipinski definition) is 7. The van der Waals surface area contributed by atoms with Gasteiger partial charge in [0.1, 0.15) is 11.9 Å². The van der Waals surface area contributed by atoms with Gasteiger partial charge in [-0.05, 0) is 55.3 Å². The number of sulfonamides is 1. The van der Waals surface area contributed by atoms with Crippen LogP contribution in [-0.4, -0.2) is 67.4 Å². The van der Waals surface area contributed by atoms with Crippen molar-refractivity contribution in [1.29, 1.82) is 0 Å². The summed E-state index contributed by atoms with van der Waals surface area (Å²) in [6.07, 6.45) is -3.61. The van der Waals surface area contributed by atoms with Crippen LogP contribution in [0.5, 0.6) is 0 Å². The van der Waals surface area contributed by atoms with Gasteiger partial charge in [0.2, 0.25) is 21.9 Å². The molecule has 6 rings (SSSR count). The van der Waals surface area contributed by atoms with E-state index < -0.39 is 33.7 Å². The van der Waals surface area contributed by atoms with Crippen molar-refractivity contribution in [3.63, 3.8) is 0 Å². The maximum absolute atomic E-state index is 14.4. The Kier molecular flexibility index (Phi) is 9.15. The highest BCUT2D eigenvalue weighted by Crippen LogP contribution is 2.32. The minimum absolute atomic E-state index is 0.0626. The van der Waals surface area contributed by atoms with Crippen LogP contribution >= 0.6 is 0 Å². The average Bonchev–Trinajstić information content (AvgIpc) is 3.59. The summed E-state index contributed by atoms with van der Waals surface area (Å²) in [4.78, 5) is 26.6. The van der Waals surface area contributed by atoms with Gasteiger partial charge in [-0.2, -0.15) is 17.5 Å². The van der Waals surface area contributed by atoms with E-state index in [1.807, 2.05) is 9.80 Å². The van der Waals surface area contributed by atoms with Crippen LogP contribution in [0.2, 0.25) is 0 Å². The number of piperazine rings is 1. The molecule has 2 fully saturated rings. The van der Waals surface area contributed by atoms with E-state index in [2.05, 4.69) is 15.3 Å². The second kappa shape index (κ2) is 13.3. The van der Waals surface area contributed by atoms with Crippen LogP contribution in [0.1, 0.15) is 24.1 Å². The SMILES string of the molecule is O=C(NCc1cc(-c2ccc(C(F)(F)F)cc2)nc(N2CCN(c3ccccc3F)CC2)n1)[C@@H]1CCCN1S(=O)(=O)c1ccccc1. The summed E-state index contributed by atoms with van der Waals surface area (Å²) in [5, 5.41) is 2.81. The summed E-state index contributed by atoms with van der Waals surface area (Å²) in [6.45, 7) is 2.01. The molecule has 1 N–H and O–H groups in total. The van der Waals surface area contributed by atoms with E-state index in [1.54, 1.807) is 42.5 Å². The topological polar surface area (TPSA) is 98.7 Å². The Morgan fingerprint density at radius 3 is 2.19 bits per heavy atom. The van der Waals surface area contributed by atoms with Gasteiger partial charge in [0, 0.05) is 38.3 Å². The van der Waals surface area contributed by atoms with Gasteiger partial charge in [-0.25, -0.2) is 22.8 Å². The van der Waals surface area contributed by atoms with E-state index in [4.69, 9.17) is 0 Å². The van der Waals surface area contributed by atoms with Crippen LogP contribution in [0.3, 0.4) is 0 Å². The molecule has 2 aliphatic heterocycles. The number of nitrogens with one attached hydrogen (secondary N) is 1. The Bertz CT molecular complexity index is 1830. The standard InChI is InChI=1S/C33H32F4N6O3S/c34-27-9-4-5-10-29(27)41-17-19-42(20-18-41)32-39-25(21-28(40-32)23-12-14-24(15-13-23)33(35,36)37)22-38-31(44)30-11-6-16-43(30)47(45,46)26-7-2-1-3-8-26/h1-5,7-10,12-15,21,30H,6,11,16-20,22H2,(H,38,44)/t30-/m0/s1. The van der Waals surface area contributed by atoms with Crippen molar-refractivity contribution in [3.8, 4) is 11.3 Å².